The molecule has 1 saturated carbocycles. The largest absolute Gasteiger partial charge is 0.349 e. The van der Waals surface area contributed by atoms with Crippen molar-refractivity contribution in [3.8, 4) is 0 Å². The lowest BCUT2D eigenvalue weighted by molar-refractivity contribution is 0.619. The Bertz CT molecular complexity index is 382. The van der Waals surface area contributed by atoms with Gasteiger partial charge in [-0.25, -0.2) is 4.98 Å². The van der Waals surface area contributed by atoms with Crippen LogP contribution in [0.1, 0.15) is 45.4 Å². The fourth-order valence-corrected chi connectivity index (χ4v) is 1.74. The van der Waals surface area contributed by atoms with Crippen molar-refractivity contribution in [3.63, 3.8) is 0 Å². The number of hydrogen-bond acceptors (Lipinski definition) is 5. The van der Waals surface area contributed by atoms with Gasteiger partial charge in [0.2, 0.25) is 5.95 Å². The molecule has 0 spiro atoms. The molecular formula is C11H18N4S. The second kappa shape index (κ2) is 4.20. The minimum atomic E-state index is -0.0160. The smallest absolute Gasteiger partial charge is 0.227 e. The van der Waals surface area contributed by atoms with Gasteiger partial charge in [0.15, 0.2) is 5.16 Å². The van der Waals surface area contributed by atoms with Crippen LogP contribution < -0.4 is 5.32 Å². The fraction of sp³-hybridized carbons (Fsp3) is 0.727. The van der Waals surface area contributed by atoms with Crippen LogP contribution in [0.5, 0.6) is 0 Å². The molecule has 1 aromatic heterocycles. The van der Waals surface area contributed by atoms with Crippen molar-refractivity contribution < 1.29 is 0 Å². The van der Waals surface area contributed by atoms with Gasteiger partial charge in [-0.3, -0.25) is 0 Å². The van der Waals surface area contributed by atoms with E-state index in [-0.39, 0.29) is 5.54 Å². The number of hydrogen-bond donors (Lipinski definition) is 1. The van der Waals surface area contributed by atoms with Crippen molar-refractivity contribution in [2.75, 3.05) is 11.6 Å². The number of nitrogens with one attached hydrogen (secondary N) is 1. The number of aromatic nitrogens is 3. The zero-order valence-corrected chi connectivity index (χ0v) is 11.1. The van der Waals surface area contributed by atoms with Crippen LogP contribution in [-0.4, -0.2) is 26.7 Å². The van der Waals surface area contributed by atoms with Crippen molar-refractivity contribution in [2.24, 2.45) is 0 Å². The highest BCUT2D eigenvalue weighted by Gasteiger charge is 2.28. The SMILES string of the molecule is CSc1nc(NC(C)(C)C)nc(C2CC2)n1. The van der Waals surface area contributed by atoms with Crippen molar-refractivity contribution in [1.82, 2.24) is 15.0 Å². The van der Waals surface area contributed by atoms with Gasteiger partial charge in [0, 0.05) is 11.5 Å². The third kappa shape index (κ3) is 3.07. The molecule has 0 bridgehead atoms. The van der Waals surface area contributed by atoms with E-state index >= 15 is 0 Å². The van der Waals surface area contributed by atoms with Crippen LogP contribution in [0.3, 0.4) is 0 Å². The summed E-state index contributed by atoms with van der Waals surface area (Å²) in [5.74, 6) is 2.22. The minimum absolute atomic E-state index is 0.0160. The molecule has 2 rings (SSSR count). The molecule has 1 aromatic rings. The van der Waals surface area contributed by atoms with Crippen LogP contribution >= 0.6 is 11.8 Å². The van der Waals surface area contributed by atoms with Crippen molar-refractivity contribution in [3.05, 3.63) is 5.82 Å². The van der Waals surface area contributed by atoms with Gasteiger partial charge in [-0.1, -0.05) is 11.8 Å². The summed E-state index contributed by atoms with van der Waals surface area (Å²) in [7, 11) is 0. The number of nitrogens with zero attached hydrogens (tertiary/aromatic N) is 3. The van der Waals surface area contributed by atoms with Gasteiger partial charge < -0.3 is 5.32 Å². The fourth-order valence-electron chi connectivity index (χ4n) is 1.38. The maximum atomic E-state index is 4.48. The topological polar surface area (TPSA) is 50.7 Å². The zero-order chi connectivity index (χ0) is 11.8. The summed E-state index contributed by atoms with van der Waals surface area (Å²) in [6.07, 6.45) is 4.42. The molecule has 1 fully saturated rings. The molecule has 16 heavy (non-hydrogen) atoms. The van der Waals surface area contributed by atoms with E-state index in [1.165, 1.54) is 12.8 Å². The first-order valence-corrected chi connectivity index (χ1v) is 6.78. The Morgan fingerprint density at radius 1 is 1.19 bits per heavy atom. The molecule has 0 atom stereocenters. The van der Waals surface area contributed by atoms with E-state index < -0.39 is 0 Å². The van der Waals surface area contributed by atoms with E-state index in [4.69, 9.17) is 0 Å². The molecule has 88 valence electrons. The van der Waals surface area contributed by atoms with Crippen LogP contribution in [-0.2, 0) is 0 Å². The minimum Gasteiger partial charge on any atom is -0.349 e. The van der Waals surface area contributed by atoms with Gasteiger partial charge >= 0.3 is 0 Å². The first-order valence-electron chi connectivity index (χ1n) is 5.56. The lowest BCUT2D eigenvalue weighted by Gasteiger charge is -2.20. The zero-order valence-electron chi connectivity index (χ0n) is 10.2. The first-order chi connectivity index (χ1) is 7.48. The van der Waals surface area contributed by atoms with Crippen LogP contribution in [0.15, 0.2) is 5.16 Å². The molecule has 1 N–H and O–H groups in total. The Morgan fingerprint density at radius 2 is 1.88 bits per heavy atom. The molecule has 1 aliphatic rings. The molecule has 0 radical (unpaired) electrons. The monoisotopic (exact) mass is 238 g/mol. The van der Waals surface area contributed by atoms with Crippen LogP contribution in [0.2, 0.25) is 0 Å². The van der Waals surface area contributed by atoms with E-state index in [0.29, 0.717) is 11.9 Å². The van der Waals surface area contributed by atoms with Gasteiger partial charge in [-0.05, 0) is 39.9 Å². The molecular weight excluding hydrogens is 220 g/mol. The average molecular weight is 238 g/mol. The van der Waals surface area contributed by atoms with Crippen LogP contribution in [0, 0.1) is 0 Å². The normalized spacial score (nSPS) is 16.2. The predicted molar refractivity (Wildman–Crippen MR) is 67.0 cm³/mol. The summed E-state index contributed by atoms with van der Waals surface area (Å²) < 4.78 is 0. The van der Waals surface area contributed by atoms with Gasteiger partial charge in [-0.2, -0.15) is 9.97 Å². The molecule has 0 amide bonds. The van der Waals surface area contributed by atoms with Gasteiger partial charge in [0.25, 0.3) is 0 Å². The Kier molecular flexibility index (Phi) is 3.06. The molecule has 1 heterocycles. The van der Waals surface area contributed by atoms with Gasteiger partial charge in [-0.15, -0.1) is 0 Å². The number of thioether (sulfide) groups is 1. The third-order valence-electron chi connectivity index (χ3n) is 2.24. The summed E-state index contributed by atoms with van der Waals surface area (Å²) in [5.41, 5.74) is -0.0160. The standard InChI is InChI=1S/C11H18N4S/c1-11(2,3)15-9-12-8(7-5-6-7)13-10(14-9)16-4/h7H,5-6H2,1-4H3,(H,12,13,14,15). The van der Waals surface area contributed by atoms with E-state index in [1.54, 1.807) is 11.8 Å². The molecule has 0 saturated heterocycles. The summed E-state index contributed by atoms with van der Waals surface area (Å²) in [6.45, 7) is 6.31. The van der Waals surface area contributed by atoms with Crippen molar-refractivity contribution >= 4 is 17.7 Å². The quantitative estimate of drug-likeness (QED) is 0.820. The highest BCUT2D eigenvalue weighted by molar-refractivity contribution is 7.98. The number of rotatable bonds is 3. The molecule has 0 aliphatic heterocycles. The van der Waals surface area contributed by atoms with Crippen molar-refractivity contribution in [2.45, 2.75) is 50.2 Å². The molecule has 4 nitrogen and oxygen atoms in total. The second-order valence-electron chi connectivity index (χ2n) is 5.15. The highest BCUT2D eigenvalue weighted by atomic mass is 32.2. The van der Waals surface area contributed by atoms with Crippen LogP contribution in [0.25, 0.3) is 0 Å². The Balaban J connectivity index is 2.25. The molecule has 1 aliphatic carbocycles. The second-order valence-corrected chi connectivity index (χ2v) is 5.93. The Labute approximate surface area is 101 Å². The molecule has 0 aromatic carbocycles. The summed E-state index contributed by atoms with van der Waals surface area (Å²) >= 11 is 1.57. The Morgan fingerprint density at radius 3 is 2.38 bits per heavy atom. The predicted octanol–water partition coefficient (Wildman–Crippen LogP) is 2.68. The van der Waals surface area contributed by atoms with Crippen LogP contribution in [0.4, 0.5) is 5.95 Å². The van der Waals surface area contributed by atoms with Crippen molar-refractivity contribution in [1.29, 1.82) is 0 Å². The average Bonchev–Trinajstić information content (AvgIpc) is 2.97. The lowest BCUT2D eigenvalue weighted by atomic mass is 10.1. The molecule has 5 heteroatoms. The first kappa shape index (κ1) is 11.6. The number of anilines is 1. The maximum Gasteiger partial charge on any atom is 0.227 e. The van der Waals surface area contributed by atoms with E-state index in [2.05, 4.69) is 41.0 Å². The van der Waals surface area contributed by atoms with Gasteiger partial charge in [0.05, 0.1) is 0 Å². The third-order valence-corrected chi connectivity index (χ3v) is 2.79. The van der Waals surface area contributed by atoms with E-state index in [1.807, 2.05) is 6.26 Å². The van der Waals surface area contributed by atoms with E-state index in [0.717, 1.165) is 11.0 Å². The summed E-state index contributed by atoms with van der Waals surface area (Å²) in [4.78, 5) is 13.3. The highest BCUT2D eigenvalue weighted by Crippen LogP contribution is 2.38. The lowest BCUT2D eigenvalue weighted by Crippen LogP contribution is -2.27. The summed E-state index contributed by atoms with van der Waals surface area (Å²) in [5, 5.41) is 4.11. The molecule has 0 unspecified atom stereocenters. The van der Waals surface area contributed by atoms with E-state index in [9.17, 15) is 0 Å². The maximum absolute atomic E-state index is 4.48. The van der Waals surface area contributed by atoms with Gasteiger partial charge in [0.1, 0.15) is 5.82 Å². The Hall–Kier alpha value is -0.840. The summed E-state index contributed by atoms with van der Waals surface area (Å²) in [6, 6.07) is 0.